The number of esters is 1. The molecule has 1 N–H and O–H groups in total. The molecule has 4 rings (SSSR count). The number of amides is 1. The Kier molecular flexibility index (Phi) is 5.03. The lowest BCUT2D eigenvalue weighted by Crippen LogP contribution is -2.51. The lowest BCUT2D eigenvalue weighted by molar-refractivity contribution is -0.117. The molecular weight excluding hydrogens is 371 g/mol. The minimum Gasteiger partial charge on any atom is -0.465 e. The molecule has 2 aromatic carbocycles. The first-order valence-corrected chi connectivity index (χ1v) is 9.95. The van der Waals surface area contributed by atoms with E-state index in [9.17, 15) is 14.0 Å². The van der Waals surface area contributed by atoms with Gasteiger partial charge in [-0.15, -0.1) is 0 Å². The van der Waals surface area contributed by atoms with E-state index < -0.39 is 0 Å². The fourth-order valence-corrected chi connectivity index (χ4v) is 4.54. The van der Waals surface area contributed by atoms with E-state index in [2.05, 4.69) is 12.2 Å². The molecule has 1 fully saturated rings. The Balaban J connectivity index is 1.71. The van der Waals surface area contributed by atoms with Gasteiger partial charge in [0.25, 0.3) is 0 Å². The second-order valence-electron chi connectivity index (χ2n) is 7.97. The molecule has 3 atom stereocenters. The average molecular weight is 396 g/mol. The van der Waals surface area contributed by atoms with Gasteiger partial charge in [-0.3, -0.25) is 4.79 Å². The Hall–Kier alpha value is -2.89. The van der Waals surface area contributed by atoms with Gasteiger partial charge in [-0.25, -0.2) is 9.18 Å². The van der Waals surface area contributed by atoms with Crippen molar-refractivity contribution in [3.05, 3.63) is 59.4 Å². The van der Waals surface area contributed by atoms with E-state index in [-0.39, 0.29) is 35.7 Å². The van der Waals surface area contributed by atoms with Crippen LogP contribution in [0.15, 0.2) is 42.5 Å². The summed E-state index contributed by atoms with van der Waals surface area (Å²) in [7, 11) is 1.35. The van der Waals surface area contributed by atoms with Crippen LogP contribution in [0.1, 0.15) is 48.7 Å². The quantitative estimate of drug-likeness (QED) is 0.771. The maximum Gasteiger partial charge on any atom is 0.337 e. The highest BCUT2D eigenvalue weighted by atomic mass is 19.1. The van der Waals surface area contributed by atoms with Crippen LogP contribution in [-0.2, 0) is 9.53 Å². The molecule has 6 heteroatoms. The molecule has 1 amide bonds. The van der Waals surface area contributed by atoms with E-state index in [0.29, 0.717) is 11.5 Å². The first-order valence-electron chi connectivity index (χ1n) is 9.95. The summed E-state index contributed by atoms with van der Waals surface area (Å²) in [4.78, 5) is 26.0. The van der Waals surface area contributed by atoms with Crippen LogP contribution in [0, 0.1) is 17.7 Å². The second kappa shape index (κ2) is 7.50. The van der Waals surface area contributed by atoms with E-state index in [0.717, 1.165) is 29.8 Å². The third-order valence-electron chi connectivity index (χ3n) is 6.02. The number of nitrogens with one attached hydrogen (secondary N) is 1. The van der Waals surface area contributed by atoms with Crippen molar-refractivity contribution in [3.8, 4) is 0 Å². The van der Waals surface area contributed by atoms with Gasteiger partial charge in [0.2, 0.25) is 5.91 Å². The number of hydrogen-bond donors (Lipinski definition) is 1. The van der Waals surface area contributed by atoms with Crippen molar-refractivity contribution >= 4 is 23.3 Å². The molecule has 0 saturated heterocycles. The summed E-state index contributed by atoms with van der Waals surface area (Å²) in [6.45, 7) is 3.70. The molecule has 2 aliphatic rings. The normalized spacial score (nSPS) is 23.3. The number of nitrogens with zero attached hydrogens (tertiary/aromatic N) is 1. The van der Waals surface area contributed by atoms with E-state index in [1.165, 1.54) is 19.2 Å². The lowest BCUT2D eigenvalue weighted by atomic mass is 9.79. The Labute approximate surface area is 169 Å². The van der Waals surface area contributed by atoms with Gasteiger partial charge < -0.3 is 15.0 Å². The van der Waals surface area contributed by atoms with Gasteiger partial charge in [0, 0.05) is 35.8 Å². The maximum atomic E-state index is 14.1. The molecule has 1 aliphatic heterocycles. The second-order valence-corrected chi connectivity index (χ2v) is 7.97. The van der Waals surface area contributed by atoms with E-state index in [4.69, 9.17) is 4.74 Å². The topological polar surface area (TPSA) is 58.6 Å². The highest BCUT2D eigenvalue weighted by Gasteiger charge is 2.47. The Morgan fingerprint density at radius 3 is 2.41 bits per heavy atom. The molecule has 1 heterocycles. The van der Waals surface area contributed by atoms with Gasteiger partial charge in [-0.1, -0.05) is 6.92 Å². The zero-order valence-electron chi connectivity index (χ0n) is 16.8. The van der Waals surface area contributed by atoms with Crippen molar-refractivity contribution < 1.29 is 18.7 Å². The van der Waals surface area contributed by atoms with Crippen LogP contribution in [-0.4, -0.2) is 25.0 Å². The molecule has 29 heavy (non-hydrogen) atoms. The average Bonchev–Trinajstić information content (AvgIpc) is 3.54. The summed E-state index contributed by atoms with van der Waals surface area (Å²) in [5.74, 6) is -0.153. The maximum absolute atomic E-state index is 14.1. The predicted molar refractivity (Wildman–Crippen MR) is 109 cm³/mol. The van der Waals surface area contributed by atoms with Crippen LogP contribution >= 0.6 is 0 Å². The van der Waals surface area contributed by atoms with Crippen LogP contribution in [0.4, 0.5) is 15.8 Å². The Morgan fingerprint density at radius 2 is 1.83 bits per heavy atom. The zero-order valence-corrected chi connectivity index (χ0v) is 16.8. The van der Waals surface area contributed by atoms with Gasteiger partial charge in [-0.05, 0) is 61.2 Å². The number of methoxy groups -OCH3 is 1. The number of halogens is 1. The van der Waals surface area contributed by atoms with Crippen molar-refractivity contribution in [3.63, 3.8) is 0 Å². The van der Waals surface area contributed by atoms with Gasteiger partial charge in [0.05, 0.1) is 18.7 Å². The number of fused-ring (bicyclic) bond motifs is 1. The fourth-order valence-electron chi connectivity index (χ4n) is 4.54. The highest BCUT2D eigenvalue weighted by molar-refractivity contribution is 5.94. The molecular formula is C23H25FN2O3. The molecule has 2 aromatic rings. The first-order chi connectivity index (χ1) is 13.9. The number of ether oxygens (including phenoxy) is 1. The fraction of sp³-hybridized carbons (Fsp3) is 0.391. The van der Waals surface area contributed by atoms with Gasteiger partial charge >= 0.3 is 5.97 Å². The molecule has 152 valence electrons. The summed E-state index contributed by atoms with van der Waals surface area (Å²) in [6, 6.07) is 11.6. The molecule has 0 radical (unpaired) electrons. The van der Waals surface area contributed by atoms with Gasteiger partial charge in [0.1, 0.15) is 5.82 Å². The molecule has 0 unspecified atom stereocenters. The zero-order chi connectivity index (χ0) is 20.7. The number of carbonyl (C=O) groups is 2. The SMILES string of the molecule is COC(=O)c1ccc(N[C@H]2c3cc(F)ccc3N(C(C)=O)[C@@H](C3CC3)[C@@H]2C)cc1. The summed E-state index contributed by atoms with van der Waals surface area (Å²) in [6.07, 6.45) is 2.21. The standard InChI is InChI=1S/C23H25FN2O3/c1-13-21(25-18-9-6-16(7-10-18)23(28)29-3)19-12-17(24)8-11-20(19)26(14(2)27)22(13)15-4-5-15/h6-13,15,21-22,25H,4-5H2,1-3H3/t13-,21-,22-/m1/s1. The number of rotatable bonds is 4. The van der Waals surface area contributed by atoms with Crippen molar-refractivity contribution in [2.24, 2.45) is 11.8 Å². The Morgan fingerprint density at radius 1 is 1.14 bits per heavy atom. The van der Waals surface area contributed by atoms with Crippen LogP contribution in [0.5, 0.6) is 0 Å². The number of benzene rings is 2. The summed E-state index contributed by atoms with van der Waals surface area (Å²) < 4.78 is 18.9. The summed E-state index contributed by atoms with van der Waals surface area (Å²) in [5, 5.41) is 3.51. The minimum atomic E-state index is -0.388. The largest absolute Gasteiger partial charge is 0.465 e. The number of carbonyl (C=O) groups excluding carboxylic acids is 2. The molecule has 1 saturated carbocycles. The van der Waals surface area contributed by atoms with Crippen LogP contribution in [0.3, 0.4) is 0 Å². The van der Waals surface area contributed by atoms with E-state index in [1.54, 1.807) is 25.1 Å². The summed E-state index contributed by atoms with van der Waals surface area (Å²) in [5.41, 5.74) is 2.86. The lowest BCUT2D eigenvalue weighted by Gasteiger charge is -2.46. The molecule has 0 spiro atoms. The van der Waals surface area contributed by atoms with Crippen LogP contribution in [0.2, 0.25) is 0 Å². The van der Waals surface area contributed by atoms with Crippen LogP contribution < -0.4 is 10.2 Å². The highest BCUT2D eigenvalue weighted by Crippen LogP contribution is 2.50. The van der Waals surface area contributed by atoms with E-state index >= 15 is 0 Å². The van der Waals surface area contributed by atoms with Gasteiger partial charge in [0.15, 0.2) is 0 Å². The third kappa shape index (κ3) is 3.59. The molecule has 5 nitrogen and oxygen atoms in total. The summed E-state index contributed by atoms with van der Waals surface area (Å²) >= 11 is 0. The number of hydrogen-bond acceptors (Lipinski definition) is 4. The van der Waals surface area contributed by atoms with Crippen molar-refractivity contribution in [2.45, 2.75) is 38.8 Å². The molecule has 0 aromatic heterocycles. The molecule has 0 bridgehead atoms. The Bertz CT molecular complexity index is 940. The van der Waals surface area contributed by atoms with Crippen molar-refractivity contribution in [2.75, 3.05) is 17.3 Å². The smallest absolute Gasteiger partial charge is 0.337 e. The monoisotopic (exact) mass is 396 g/mol. The van der Waals surface area contributed by atoms with Crippen molar-refractivity contribution in [1.82, 2.24) is 0 Å². The van der Waals surface area contributed by atoms with Crippen molar-refractivity contribution in [1.29, 1.82) is 0 Å². The number of anilines is 2. The van der Waals surface area contributed by atoms with Gasteiger partial charge in [-0.2, -0.15) is 0 Å². The predicted octanol–water partition coefficient (Wildman–Crippen LogP) is 4.55. The van der Waals surface area contributed by atoms with Crippen LogP contribution in [0.25, 0.3) is 0 Å². The minimum absolute atomic E-state index is 0.0116. The molecule has 1 aliphatic carbocycles. The van der Waals surface area contributed by atoms with E-state index in [1.807, 2.05) is 17.0 Å². The third-order valence-corrected chi connectivity index (χ3v) is 6.02. The first kappa shape index (κ1) is 19.4.